The summed E-state index contributed by atoms with van der Waals surface area (Å²) in [4.78, 5) is 24.7. The molecule has 1 heterocycles. The molecule has 0 aliphatic carbocycles. The molecule has 3 aromatic rings. The molecule has 0 radical (unpaired) electrons. The number of nitrogens with one attached hydrogen (secondary N) is 1. The summed E-state index contributed by atoms with van der Waals surface area (Å²) in [5.74, 6) is 1.00. The fourth-order valence-corrected chi connectivity index (χ4v) is 2.99. The molecule has 27 heavy (non-hydrogen) atoms. The van der Waals surface area contributed by atoms with Crippen LogP contribution in [0.25, 0.3) is 11.0 Å². The number of carbonyl (C=O) groups excluding carboxylic acids is 1. The van der Waals surface area contributed by atoms with Crippen molar-refractivity contribution in [1.29, 1.82) is 0 Å². The summed E-state index contributed by atoms with van der Waals surface area (Å²) in [6.45, 7) is 1.86. The van der Waals surface area contributed by atoms with Crippen LogP contribution in [0.15, 0.2) is 51.7 Å². The third kappa shape index (κ3) is 3.95. The first-order valence-electron chi connectivity index (χ1n) is 8.56. The van der Waals surface area contributed by atoms with Crippen molar-refractivity contribution in [2.75, 3.05) is 19.5 Å². The number of amides is 1. The fourth-order valence-electron chi connectivity index (χ4n) is 2.99. The third-order valence-corrected chi connectivity index (χ3v) is 4.48. The summed E-state index contributed by atoms with van der Waals surface area (Å²) in [6.07, 6.45) is 0.447. The van der Waals surface area contributed by atoms with Gasteiger partial charge in [-0.1, -0.05) is 12.1 Å². The van der Waals surface area contributed by atoms with Crippen LogP contribution in [0.1, 0.15) is 17.5 Å². The van der Waals surface area contributed by atoms with E-state index in [0.717, 1.165) is 10.9 Å². The first-order valence-corrected chi connectivity index (χ1v) is 8.56. The van der Waals surface area contributed by atoms with E-state index in [4.69, 9.17) is 13.9 Å². The van der Waals surface area contributed by atoms with E-state index in [1.165, 1.54) is 0 Å². The number of aryl methyl sites for hydroxylation is 1. The molecule has 6 nitrogen and oxygen atoms in total. The Bertz CT molecular complexity index is 1040. The van der Waals surface area contributed by atoms with Crippen LogP contribution in [0.3, 0.4) is 0 Å². The predicted molar refractivity (Wildman–Crippen MR) is 104 cm³/mol. The number of hydrogen-bond donors (Lipinski definition) is 1. The number of ether oxygens (including phenoxy) is 2. The fraction of sp³-hybridized carbons (Fsp3) is 0.238. The highest BCUT2D eigenvalue weighted by Crippen LogP contribution is 2.25. The molecule has 6 heteroatoms. The lowest BCUT2D eigenvalue weighted by atomic mass is 10.0. The monoisotopic (exact) mass is 367 g/mol. The number of methoxy groups -OCH3 is 2. The molecule has 0 saturated carbocycles. The average molecular weight is 367 g/mol. The number of anilines is 1. The van der Waals surface area contributed by atoms with Gasteiger partial charge in [0.05, 0.1) is 19.9 Å². The SMILES string of the molecule is COc1ccc2c(C)c(CCC(=O)Nc3ccccc3OC)c(=O)oc2c1. The van der Waals surface area contributed by atoms with Gasteiger partial charge >= 0.3 is 5.63 Å². The summed E-state index contributed by atoms with van der Waals surface area (Å²) < 4.78 is 15.8. The third-order valence-electron chi connectivity index (χ3n) is 4.48. The van der Waals surface area contributed by atoms with Crippen molar-refractivity contribution in [2.45, 2.75) is 19.8 Å². The lowest BCUT2D eigenvalue weighted by molar-refractivity contribution is -0.116. The molecular weight excluding hydrogens is 346 g/mol. The van der Waals surface area contributed by atoms with E-state index in [1.54, 1.807) is 32.4 Å². The highest BCUT2D eigenvalue weighted by Gasteiger charge is 2.14. The van der Waals surface area contributed by atoms with Gasteiger partial charge in [0.25, 0.3) is 0 Å². The number of hydrogen-bond acceptors (Lipinski definition) is 5. The van der Waals surface area contributed by atoms with Crippen LogP contribution in [-0.4, -0.2) is 20.1 Å². The second-order valence-corrected chi connectivity index (χ2v) is 6.10. The maximum atomic E-state index is 12.4. The Morgan fingerprint density at radius 1 is 1.11 bits per heavy atom. The van der Waals surface area contributed by atoms with Crippen molar-refractivity contribution in [3.63, 3.8) is 0 Å². The predicted octanol–water partition coefficient (Wildman–Crippen LogP) is 3.69. The Kier molecular flexibility index (Phi) is 5.45. The lowest BCUT2D eigenvalue weighted by Gasteiger charge is -2.11. The van der Waals surface area contributed by atoms with E-state index >= 15 is 0 Å². The van der Waals surface area contributed by atoms with Crippen LogP contribution < -0.4 is 20.4 Å². The van der Waals surface area contributed by atoms with E-state index < -0.39 is 5.63 Å². The van der Waals surface area contributed by atoms with Gasteiger partial charge in [-0.2, -0.15) is 0 Å². The first-order chi connectivity index (χ1) is 13.0. The highest BCUT2D eigenvalue weighted by molar-refractivity contribution is 5.92. The molecule has 0 unspecified atom stereocenters. The number of fused-ring (bicyclic) bond motifs is 1. The Morgan fingerprint density at radius 2 is 1.89 bits per heavy atom. The maximum Gasteiger partial charge on any atom is 0.339 e. The van der Waals surface area contributed by atoms with Crippen molar-refractivity contribution >= 4 is 22.6 Å². The second kappa shape index (κ2) is 7.95. The van der Waals surface area contributed by atoms with Crippen LogP contribution in [0, 0.1) is 6.92 Å². The molecule has 1 aromatic heterocycles. The molecule has 0 atom stereocenters. The van der Waals surface area contributed by atoms with Crippen molar-refractivity contribution < 1.29 is 18.7 Å². The average Bonchev–Trinajstić information content (AvgIpc) is 2.67. The number of para-hydroxylation sites is 2. The summed E-state index contributed by atoms with van der Waals surface area (Å²) in [5.41, 5.74) is 1.95. The molecule has 1 N–H and O–H groups in total. The molecule has 3 rings (SSSR count). The largest absolute Gasteiger partial charge is 0.497 e. The van der Waals surface area contributed by atoms with Gasteiger partial charge in [-0.15, -0.1) is 0 Å². The van der Waals surface area contributed by atoms with Crippen molar-refractivity contribution in [2.24, 2.45) is 0 Å². The summed E-state index contributed by atoms with van der Waals surface area (Å²) in [6, 6.07) is 12.5. The highest BCUT2D eigenvalue weighted by atomic mass is 16.5. The van der Waals surface area contributed by atoms with Crippen LogP contribution in [0.4, 0.5) is 5.69 Å². The molecule has 2 aromatic carbocycles. The minimum absolute atomic E-state index is 0.158. The Balaban J connectivity index is 1.78. The molecule has 0 fully saturated rings. The van der Waals surface area contributed by atoms with Gasteiger partial charge in [0.15, 0.2) is 0 Å². The molecular formula is C21H21NO5. The van der Waals surface area contributed by atoms with E-state index in [-0.39, 0.29) is 18.7 Å². The van der Waals surface area contributed by atoms with Crippen LogP contribution >= 0.6 is 0 Å². The van der Waals surface area contributed by atoms with Crippen molar-refractivity contribution in [3.05, 3.63) is 64.0 Å². The molecule has 0 bridgehead atoms. The van der Waals surface area contributed by atoms with E-state index in [0.29, 0.717) is 28.3 Å². The minimum atomic E-state index is -0.432. The van der Waals surface area contributed by atoms with E-state index in [2.05, 4.69) is 5.32 Å². The maximum absolute atomic E-state index is 12.4. The summed E-state index contributed by atoms with van der Waals surface area (Å²) in [5, 5.41) is 3.64. The molecule has 0 spiro atoms. The zero-order valence-electron chi connectivity index (χ0n) is 15.5. The minimum Gasteiger partial charge on any atom is -0.497 e. The normalized spacial score (nSPS) is 10.6. The number of carbonyl (C=O) groups is 1. The topological polar surface area (TPSA) is 77.8 Å². The zero-order chi connectivity index (χ0) is 19.4. The number of rotatable bonds is 6. The van der Waals surface area contributed by atoms with Gasteiger partial charge in [-0.25, -0.2) is 4.79 Å². The Morgan fingerprint density at radius 3 is 2.63 bits per heavy atom. The van der Waals surface area contributed by atoms with Gasteiger partial charge in [-0.05, 0) is 43.2 Å². The van der Waals surface area contributed by atoms with Crippen molar-refractivity contribution in [3.8, 4) is 11.5 Å². The van der Waals surface area contributed by atoms with Gasteiger partial charge in [0.2, 0.25) is 5.91 Å². The zero-order valence-corrected chi connectivity index (χ0v) is 15.5. The van der Waals surface area contributed by atoms with Crippen LogP contribution in [0.2, 0.25) is 0 Å². The Labute approximate surface area is 156 Å². The molecule has 0 aliphatic heterocycles. The Hall–Kier alpha value is -3.28. The molecule has 0 saturated heterocycles. The van der Waals surface area contributed by atoms with E-state index in [9.17, 15) is 9.59 Å². The quantitative estimate of drug-likeness (QED) is 0.672. The lowest BCUT2D eigenvalue weighted by Crippen LogP contribution is -2.17. The van der Waals surface area contributed by atoms with Gasteiger partial charge in [-0.3, -0.25) is 4.79 Å². The van der Waals surface area contributed by atoms with E-state index in [1.807, 2.05) is 31.2 Å². The summed E-state index contributed by atoms with van der Waals surface area (Å²) in [7, 11) is 3.10. The standard InChI is InChI=1S/C21H21NO5/c1-13-15-9-8-14(25-2)12-19(15)27-21(24)16(13)10-11-20(23)22-17-6-4-5-7-18(17)26-3/h4-9,12H,10-11H2,1-3H3,(H,22,23). The smallest absolute Gasteiger partial charge is 0.339 e. The first kappa shape index (κ1) is 18.5. The number of benzene rings is 2. The van der Waals surface area contributed by atoms with Crippen LogP contribution in [-0.2, 0) is 11.2 Å². The second-order valence-electron chi connectivity index (χ2n) is 6.10. The van der Waals surface area contributed by atoms with Gasteiger partial charge < -0.3 is 19.2 Å². The summed E-state index contributed by atoms with van der Waals surface area (Å²) >= 11 is 0. The van der Waals surface area contributed by atoms with Gasteiger partial charge in [0.1, 0.15) is 17.1 Å². The molecule has 1 amide bonds. The molecule has 0 aliphatic rings. The van der Waals surface area contributed by atoms with Crippen LogP contribution in [0.5, 0.6) is 11.5 Å². The molecule has 140 valence electrons. The van der Waals surface area contributed by atoms with Gasteiger partial charge in [0, 0.05) is 23.4 Å². The van der Waals surface area contributed by atoms with Crippen molar-refractivity contribution in [1.82, 2.24) is 0 Å².